The second-order valence-corrected chi connectivity index (χ2v) is 12.3. The first kappa shape index (κ1) is 17.5. The minimum Gasteiger partial charge on any atom is -0.373 e. The van der Waals surface area contributed by atoms with Gasteiger partial charge in [0.25, 0.3) is 0 Å². The predicted molar refractivity (Wildman–Crippen MR) is 113 cm³/mol. The van der Waals surface area contributed by atoms with Gasteiger partial charge in [-0.15, -0.1) is 29.9 Å². The number of fused-ring (bicyclic) bond motifs is 5. The van der Waals surface area contributed by atoms with E-state index in [0.717, 1.165) is 6.42 Å². The fourth-order valence-corrected chi connectivity index (χ4v) is 9.93. The highest BCUT2D eigenvalue weighted by atomic mass is 32.2. The molecule has 4 aliphatic carbocycles. The zero-order chi connectivity index (χ0) is 18.2. The number of hydrogen-bond donors (Lipinski definition) is 1. The lowest BCUT2D eigenvalue weighted by Crippen LogP contribution is -2.53. The SMILES string of the molecule is C#C[C@]1(O)C=C[C@H]2[C@@H]3CCC4=CC5(CC[C@@H]4[C@H]3C(=C)C[C@@]21C)SCCS5. The second-order valence-electron chi connectivity index (χ2n) is 9.15. The molecule has 0 aromatic carbocycles. The number of allylic oxidation sites excluding steroid dienone is 3. The lowest BCUT2D eigenvalue weighted by molar-refractivity contribution is -0.0507. The Labute approximate surface area is 166 Å². The average molecular weight is 385 g/mol. The van der Waals surface area contributed by atoms with Gasteiger partial charge < -0.3 is 5.11 Å². The molecule has 1 nitrogen and oxygen atoms in total. The van der Waals surface area contributed by atoms with Crippen LogP contribution in [0.1, 0.15) is 39.0 Å². The zero-order valence-electron chi connectivity index (χ0n) is 15.5. The molecule has 0 amide bonds. The van der Waals surface area contributed by atoms with E-state index in [-0.39, 0.29) is 5.41 Å². The van der Waals surface area contributed by atoms with Crippen molar-refractivity contribution < 1.29 is 5.11 Å². The maximum absolute atomic E-state index is 11.1. The van der Waals surface area contributed by atoms with E-state index in [4.69, 9.17) is 6.42 Å². The molecule has 0 aromatic rings. The molecule has 1 saturated heterocycles. The van der Waals surface area contributed by atoms with Crippen molar-refractivity contribution in [2.75, 3.05) is 11.5 Å². The summed E-state index contributed by atoms with van der Waals surface area (Å²) in [4.78, 5) is 0. The standard InChI is InChI=1S/C23H28OS2/c1-4-22(24)9-8-19-18-6-5-16-14-23(25-11-12-26-23)10-7-17(16)20(18)15(2)13-21(19,22)3/h1,8-9,14,17-20,24H,2,5-7,10-13H2,3H3/t17-,18-,19-,20+,21-,22-/m0/s1. The Balaban J connectivity index is 1.49. The monoisotopic (exact) mass is 384 g/mol. The Bertz CT molecular complexity index is 753. The van der Waals surface area contributed by atoms with Gasteiger partial charge in [0.1, 0.15) is 5.60 Å². The molecule has 0 aromatic heterocycles. The molecule has 1 aliphatic heterocycles. The van der Waals surface area contributed by atoms with E-state index >= 15 is 0 Å². The summed E-state index contributed by atoms with van der Waals surface area (Å²) in [6.07, 6.45) is 18.4. The first-order valence-electron chi connectivity index (χ1n) is 9.98. The highest BCUT2D eigenvalue weighted by Gasteiger charge is 2.61. The van der Waals surface area contributed by atoms with Gasteiger partial charge >= 0.3 is 0 Å². The van der Waals surface area contributed by atoms with Crippen molar-refractivity contribution in [1.82, 2.24) is 0 Å². The number of terminal acetylenes is 1. The molecule has 1 spiro atoms. The molecule has 26 heavy (non-hydrogen) atoms. The van der Waals surface area contributed by atoms with Crippen molar-refractivity contribution in [2.24, 2.45) is 29.1 Å². The molecule has 0 radical (unpaired) electrons. The van der Waals surface area contributed by atoms with Crippen LogP contribution >= 0.6 is 23.5 Å². The van der Waals surface area contributed by atoms with Gasteiger partial charge in [0.2, 0.25) is 0 Å². The third kappa shape index (κ3) is 2.19. The highest BCUT2D eigenvalue weighted by Crippen LogP contribution is 2.65. The molecule has 1 N–H and O–H groups in total. The first-order valence-corrected chi connectivity index (χ1v) is 12.0. The van der Waals surface area contributed by atoms with E-state index in [0.29, 0.717) is 27.8 Å². The maximum Gasteiger partial charge on any atom is 0.150 e. The minimum atomic E-state index is -1.12. The van der Waals surface area contributed by atoms with Crippen molar-refractivity contribution in [1.29, 1.82) is 0 Å². The zero-order valence-corrected chi connectivity index (χ0v) is 17.2. The second kappa shape index (κ2) is 5.72. The third-order valence-corrected chi connectivity index (χ3v) is 11.4. The maximum atomic E-state index is 11.1. The summed E-state index contributed by atoms with van der Waals surface area (Å²) < 4.78 is 0.375. The van der Waals surface area contributed by atoms with Gasteiger partial charge in [-0.05, 0) is 61.9 Å². The Morgan fingerprint density at radius 3 is 2.81 bits per heavy atom. The molecule has 138 valence electrons. The number of thioether (sulfide) groups is 2. The van der Waals surface area contributed by atoms with Crippen LogP contribution in [-0.2, 0) is 0 Å². The smallest absolute Gasteiger partial charge is 0.150 e. The Kier molecular flexibility index (Phi) is 3.86. The topological polar surface area (TPSA) is 20.2 Å². The molecule has 3 heteroatoms. The summed E-state index contributed by atoms with van der Waals surface area (Å²) in [5.41, 5.74) is 1.65. The van der Waals surface area contributed by atoms with E-state index in [2.05, 4.69) is 55.1 Å². The van der Waals surface area contributed by atoms with E-state index < -0.39 is 5.60 Å². The summed E-state index contributed by atoms with van der Waals surface area (Å²) in [5.74, 6) is 7.51. The van der Waals surface area contributed by atoms with Crippen LogP contribution in [0.3, 0.4) is 0 Å². The van der Waals surface area contributed by atoms with Crippen LogP contribution in [0.4, 0.5) is 0 Å². The van der Waals surface area contributed by atoms with Crippen LogP contribution in [0, 0.1) is 41.4 Å². The summed E-state index contributed by atoms with van der Waals surface area (Å²) in [6, 6.07) is 0. The molecule has 6 atom stereocenters. The van der Waals surface area contributed by atoms with Crippen LogP contribution in [0.15, 0.2) is 36.0 Å². The van der Waals surface area contributed by atoms with Crippen LogP contribution in [-0.4, -0.2) is 26.3 Å². The normalized spacial score (nSPS) is 48.5. The molecule has 1 heterocycles. The molecule has 0 unspecified atom stereocenters. The Hall–Kier alpha value is -0.560. The van der Waals surface area contributed by atoms with Crippen molar-refractivity contribution in [3.05, 3.63) is 36.0 Å². The van der Waals surface area contributed by atoms with Gasteiger partial charge in [-0.3, -0.25) is 0 Å². The minimum absolute atomic E-state index is 0.283. The largest absolute Gasteiger partial charge is 0.373 e. The fraction of sp³-hybridized carbons (Fsp3) is 0.652. The lowest BCUT2D eigenvalue weighted by atomic mass is 9.49. The predicted octanol–water partition coefficient (Wildman–Crippen LogP) is 5.04. The number of aliphatic hydroxyl groups is 1. The van der Waals surface area contributed by atoms with Crippen molar-refractivity contribution in [2.45, 2.75) is 48.7 Å². The highest BCUT2D eigenvalue weighted by molar-refractivity contribution is 8.21. The summed E-state index contributed by atoms with van der Waals surface area (Å²) >= 11 is 4.33. The van der Waals surface area contributed by atoms with E-state index in [9.17, 15) is 5.11 Å². The summed E-state index contributed by atoms with van der Waals surface area (Å²) in [5, 5.41) is 11.1. The van der Waals surface area contributed by atoms with Crippen molar-refractivity contribution >= 4 is 23.5 Å². The quantitative estimate of drug-likeness (QED) is 0.467. The van der Waals surface area contributed by atoms with Crippen LogP contribution in [0.25, 0.3) is 0 Å². The van der Waals surface area contributed by atoms with Gasteiger partial charge in [-0.25, -0.2) is 0 Å². The van der Waals surface area contributed by atoms with Gasteiger partial charge in [-0.1, -0.05) is 42.7 Å². The summed E-state index contributed by atoms with van der Waals surface area (Å²) in [6.45, 7) is 6.73. The lowest BCUT2D eigenvalue weighted by Gasteiger charge is -2.56. The van der Waals surface area contributed by atoms with E-state index in [1.165, 1.54) is 42.8 Å². The molecule has 3 fully saturated rings. The summed E-state index contributed by atoms with van der Waals surface area (Å²) in [7, 11) is 0. The molecular weight excluding hydrogens is 356 g/mol. The van der Waals surface area contributed by atoms with Crippen LogP contribution < -0.4 is 0 Å². The van der Waals surface area contributed by atoms with Gasteiger partial charge in [0.05, 0.1) is 4.08 Å². The van der Waals surface area contributed by atoms with Crippen LogP contribution in [0.2, 0.25) is 0 Å². The number of hydrogen-bond acceptors (Lipinski definition) is 3. The average Bonchev–Trinajstić information content (AvgIpc) is 3.18. The Morgan fingerprint density at radius 2 is 2.08 bits per heavy atom. The fourth-order valence-electron chi connectivity index (χ4n) is 6.74. The van der Waals surface area contributed by atoms with E-state index in [1.54, 1.807) is 5.57 Å². The molecule has 2 saturated carbocycles. The molecule has 5 rings (SSSR count). The first-order chi connectivity index (χ1) is 12.4. The van der Waals surface area contributed by atoms with Gasteiger partial charge in [0.15, 0.2) is 0 Å². The Morgan fingerprint density at radius 1 is 1.31 bits per heavy atom. The third-order valence-electron chi connectivity index (χ3n) is 8.02. The van der Waals surface area contributed by atoms with Gasteiger partial charge in [-0.2, -0.15) is 0 Å². The molecule has 0 bridgehead atoms. The van der Waals surface area contributed by atoms with Gasteiger partial charge in [0, 0.05) is 16.9 Å². The van der Waals surface area contributed by atoms with Crippen LogP contribution in [0.5, 0.6) is 0 Å². The molecule has 5 aliphatic rings. The van der Waals surface area contributed by atoms with Crippen molar-refractivity contribution in [3.63, 3.8) is 0 Å². The van der Waals surface area contributed by atoms with Crippen molar-refractivity contribution in [3.8, 4) is 12.3 Å². The number of rotatable bonds is 0. The molecular formula is C23H28OS2. The van der Waals surface area contributed by atoms with E-state index in [1.807, 2.05) is 6.08 Å².